The summed E-state index contributed by atoms with van der Waals surface area (Å²) in [4.78, 5) is 24.7. The van der Waals surface area contributed by atoms with E-state index in [2.05, 4.69) is 37.2 Å². The van der Waals surface area contributed by atoms with E-state index in [-0.39, 0.29) is 11.3 Å². The lowest BCUT2D eigenvalue weighted by atomic mass is 9.93. The van der Waals surface area contributed by atoms with Crippen molar-refractivity contribution in [3.8, 4) is 0 Å². The third-order valence-corrected chi connectivity index (χ3v) is 4.74. The molecule has 1 N–H and O–H groups in total. The lowest BCUT2D eigenvalue weighted by Gasteiger charge is -2.29. The molecule has 3 nitrogen and oxygen atoms in total. The molecule has 1 amide bonds. The highest BCUT2D eigenvalue weighted by Crippen LogP contribution is 2.23. The summed E-state index contributed by atoms with van der Waals surface area (Å²) < 4.78 is 13.6. The number of fused-ring (bicyclic) bond motifs is 1. The maximum absolute atomic E-state index is 14.1. The number of hydrogen-bond acceptors (Lipinski definition) is 2. The molecule has 0 aromatic heterocycles. The van der Waals surface area contributed by atoms with Crippen molar-refractivity contribution >= 4 is 54.3 Å². The second-order valence-electron chi connectivity index (χ2n) is 5.48. The monoisotopic (exact) mass is 443 g/mol. The maximum atomic E-state index is 14.1. The molecule has 6 heteroatoms. The molecular formula is C17H16Br2FNO2. The fourth-order valence-electron chi connectivity index (χ4n) is 2.28. The van der Waals surface area contributed by atoms with Crippen LogP contribution >= 0.6 is 31.9 Å². The molecule has 2 rings (SSSR count). The van der Waals surface area contributed by atoms with Crippen molar-refractivity contribution < 1.29 is 14.0 Å². The zero-order valence-corrected chi connectivity index (χ0v) is 15.9. The Morgan fingerprint density at radius 1 is 1.26 bits per heavy atom. The SMILES string of the molecule is CCC(C)(NC(=O)c1cc(F)c2ccccc2c1)C(=O)C(Br)Br. The van der Waals surface area contributed by atoms with Crippen molar-refractivity contribution in [3.63, 3.8) is 0 Å². The molecule has 0 fully saturated rings. The molecule has 2 aromatic rings. The van der Waals surface area contributed by atoms with Crippen molar-refractivity contribution in [3.05, 3.63) is 47.8 Å². The Bertz CT molecular complexity index is 763. The third kappa shape index (κ3) is 3.80. The van der Waals surface area contributed by atoms with Gasteiger partial charge in [-0.05, 0) is 30.9 Å². The summed E-state index contributed by atoms with van der Waals surface area (Å²) in [6.07, 6.45) is 0.418. The minimum atomic E-state index is -1.04. The van der Waals surface area contributed by atoms with E-state index in [1.54, 1.807) is 37.3 Å². The molecule has 0 heterocycles. The van der Waals surface area contributed by atoms with E-state index in [0.717, 1.165) is 0 Å². The number of Topliss-reactive ketones (excluding diaryl/α,β-unsaturated/α-hetero) is 1. The second kappa shape index (κ2) is 7.09. The zero-order chi connectivity index (χ0) is 17.2. The van der Waals surface area contributed by atoms with Gasteiger partial charge in [0.2, 0.25) is 0 Å². The van der Waals surface area contributed by atoms with Crippen LogP contribution in [-0.2, 0) is 4.79 Å². The summed E-state index contributed by atoms with van der Waals surface area (Å²) in [6, 6.07) is 9.73. The molecule has 0 saturated carbocycles. The number of ketones is 1. The van der Waals surface area contributed by atoms with Gasteiger partial charge in [0.15, 0.2) is 5.78 Å². The van der Waals surface area contributed by atoms with Gasteiger partial charge in [0.25, 0.3) is 5.91 Å². The first kappa shape index (κ1) is 18.1. The van der Waals surface area contributed by atoms with Crippen LogP contribution in [0.1, 0.15) is 30.6 Å². The molecule has 0 bridgehead atoms. The lowest BCUT2D eigenvalue weighted by Crippen LogP contribution is -2.53. The van der Waals surface area contributed by atoms with Crippen LogP contribution in [0.15, 0.2) is 36.4 Å². The van der Waals surface area contributed by atoms with E-state index in [9.17, 15) is 14.0 Å². The Labute approximate surface area is 150 Å². The smallest absolute Gasteiger partial charge is 0.252 e. The van der Waals surface area contributed by atoms with Gasteiger partial charge in [0, 0.05) is 10.9 Å². The molecule has 0 aliphatic rings. The Kier molecular flexibility index (Phi) is 5.57. The molecular weight excluding hydrogens is 429 g/mol. The van der Waals surface area contributed by atoms with Crippen LogP contribution in [0.5, 0.6) is 0 Å². The van der Waals surface area contributed by atoms with Gasteiger partial charge < -0.3 is 5.32 Å². The number of alkyl halides is 2. The largest absolute Gasteiger partial charge is 0.340 e. The maximum Gasteiger partial charge on any atom is 0.252 e. The average Bonchev–Trinajstić information content (AvgIpc) is 2.53. The first-order chi connectivity index (χ1) is 10.8. The van der Waals surface area contributed by atoms with E-state index >= 15 is 0 Å². The second-order valence-corrected chi connectivity index (χ2v) is 8.54. The van der Waals surface area contributed by atoms with Gasteiger partial charge in [-0.2, -0.15) is 0 Å². The van der Waals surface area contributed by atoms with Crippen molar-refractivity contribution in [1.82, 2.24) is 5.32 Å². The minimum absolute atomic E-state index is 0.189. The Morgan fingerprint density at radius 3 is 2.52 bits per heavy atom. The number of nitrogens with one attached hydrogen (secondary N) is 1. The van der Waals surface area contributed by atoms with Gasteiger partial charge in [-0.15, -0.1) is 0 Å². The molecule has 2 aromatic carbocycles. The molecule has 0 aliphatic heterocycles. The Morgan fingerprint density at radius 2 is 1.91 bits per heavy atom. The first-order valence-electron chi connectivity index (χ1n) is 7.12. The number of carbonyl (C=O) groups excluding carboxylic acids is 2. The number of halogens is 3. The molecule has 1 atom stereocenters. The van der Waals surface area contributed by atoms with Crippen molar-refractivity contribution in [2.24, 2.45) is 0 Å². The molecule has 1 unspecified atom stereocenters. The highest BCUT2D eigenvalue weighted by molar-refractivity contribution is 9.25. The van der Waals surface area contributed by atoms with Crippen molar-refractivity contribution in [2.45, 2.75) is 29.5 Å². The number of amides is 1. The van der Waals surface area contributed by atoms with Gasteiger partial charge in [0.05, 0.1) is 5.54 Å². The normalized spacial score (nSPS) is 13.8. The molecule has 122 valence electrons. The van der Waals surface area contributed by atoms with Crippen LogP contribution in [-0.4, -0.2) is 21.0 Å². The minimum Gasteiger partial charge on any atom is -0.340 e. The summed E-state index contributed by atoms with van der Waals surface area (Å²) in [5.74, 6) is -1.14. The van der Waals surface area contributed by atoms with E-state index in [0.29, 0.717) is 17.2 Å². The van der Waals surface area contributed by atoms with Crippen molar-refractivity contribution in [1.29, 1.82) is 0 Å². The van der Waals surface area contributed by atoms with Crippen molar-refractivity contribution in [2.75, 3.05) is 0 Å². The molecule has 0 spiro atoms. The predicted octanol–water partition coefficient (Wildman–Crippen LogP) is 4.56. The van der Waals surface area contributed by atoms with Crippen LogP contribution in [0.4, 0.5) is 4.39 Å². The fraction of sp³-hybridized carbons (Fsp3) is 0.294. The fourth-order valence-corrected chi connectivity index (χ4v) is 3.29. The number of carbonyl (C=O) groups is 2. The third-order valence-electron chi connectivity index (χ3n) is 3.91. The molecule has 0 aliphatic carbocycles. The lowest BCUT2D eigenvalue weighted by molar-refractivity contribution is -0.122. The summed E-state index contributed by atoms with van der Waals surface area (Å²) in [6.45, 7) is 3.46. The Hall–Kier alpha value is -1.27. The average molecular weight is 445 g/mol. The van der Waals surface area contributed by atoms with Gasteiger partial charge in [-0.25, -0.2) is 4.39 Å². The highest BCUT2D eigenvalue weighted by Gasteiger charge is 2.36. The van der Waals surface area contributed by atoms with Crippen LogP contribution in [0.25, 0.3) is 10.8 Å². The summed E-state index contributed by atoms with van der Waals surface area (Å²) in [5, 5.41) is 3.81. The standard InChI is InChI=1S/C17H16Br2FNO2/c1-3-17(2,14(22)15(18)19)21-16(23)11-8-10-6-4-5-7-12(10)13(20)9-11/h4-9,15H,3H2,1-2H3,(H,21,23). The van der Waals surface area contributed by atoms with Crippen LogP contribution in [0, 0.1) is 5.82 Å². The Balaban J connectivity index is 2.35. The summed E-state index contributed by atoms with van der Waals surface area (Å²) >= 11 is 6.33. The van der Waals surface area contributed by atoms with Crippen LogP contribution < -0.4 is 5.32 Å². The van der Waals surface area contributed by atoms with E-state index < -0.39 is 21.0 Å². The van der Waals surface area contributed by atoms with Crippen LogP contribution in [0.2, 0.25) is 0 Å². The highest BCUT2D eigenvalue weighted by atomic mass is 79.9. The van der Waals surface area contributed by atoms with Crippen LogP contribution in [0.3, 0.4) is 0 Å². The summed E-state index contributed by atoms with van der Waals surface area (Å²) in [5.41, 5.74) is -0.856. The van der Waals surface area contributed by atoms with Gasteiger partial charge >= 0.3 is 0 Å². The van der Waals surface area contributed by atoms with Gasteiger partial charge in [-0.1, -0.05) is 63.0 Å². The number of rotatable bonds is 5. The summed E-state index contributed by atoms with van der Waals surface area (Å²) in [7, 11) is 0. The molecule has 0 saturated heterocycles. The van der Waals surface area contributed by atoms with Gasteiger partial charge in [0.1, 0.15) is 9.55 Å². The van der Waals surface area contributed by atoms with E-state index in [1.165, 1.54) is 6.07 Å². The molecule has 0 radical (unpaired) electrons. The van der Waals surface area contributed by atoms with E-state index in [1.807, 2.05) is 6.92 Å². The zero-order valence-electron chi connectivity index (χ0n) is 12.7. The van der Waals surface area contributed by atoms with E-state index in [4.69, 9.17) is 0 Å². The number of benzene rings is 2. The number of hydrogen-bond donors (Lipinski definition) is 1. The van der Waals surface area contributed by atoms with Gasteiger partial charge in [-0.3, -0.25) is 9.59 Å². The predicted molar refractivity (Wildman–Crippen MR) is 96.7 cm³/mol. The first-order valence-corrected chi connectivity index (χ1v) is 8.95. The quantitative estimate of drug-likeness (QED) is 0.687. The topological polar surface area (TPSA) is 46.2 Å². The molecule has 23 heavy (non-hydrogen) atoms.